The van der Waals surface area contributed by atoms with Gasteiger partial charge < -0.3 is 10.3 Å². The average Bonchev–Trinajstić information content (AvgIpc) is 3.02. The third-order valence-corrected chi connectivity index (χ3v) is 6.49. The van der Waals surface area contributed by atoms with Crippen molar-refractivity contribution in [2.75, 3.05) is 11.1 Å². The van der Waals surface area contributed by atoms with Crippen molar-refractivity contribution < 1.29 is 13.2 Å². The third kappa shape index (κ3) is 5.77. The Morgan fingerprint density at radius 1 is 1.20 bits per heavy atom. The number of aryl methyl sites for hydroxylation is 1. The molecular weight excluding hydrogens is 467 g/mol. The summed E-state index contributed by atoms with van der Waals surface area (Å²) < 4.78 is 22.9. The molecule has 0 saturated carbocycles. The number of nitrogens with two attached hydrogens (primary N) is 1. The van der Waals surface area contributed by atoms with Gasteiger partial charge in [-0.2, -0.15) is 0 Å². The number of primary sulfonamides is 1. The molecule has 0 aliphatic carbocycles. The molecular formula is C19H18Cl2N4O3S2. The summed E-state index contributed by atoms with van der Waals surface area (Å²) in [5.41, 5.74) is 3.12. The van der Waals surface area contributed by atoms with E-state index in [1.165, 1.54) is 11.8 Å². The van der Waals surface area contributed by atoms with Crippen LogP contribution in [0.1, 0.15) is 17.0 Å². The number of carbonyl (C=O) groups excluding carboxylic acids is 1. The van der Waals surface area contributed by atoms with E-state index in [1.54, 1.807) is 0 Å². The molecule has 2 aromatic carbocycles. The summed E-state index contributed by atoms with van der Waals surface area (Å²) in [6.07, 6.45) is 0.692. The fraction of sp³-hybridized carbons (Fsp3) is 0.158. The number of nitrogens with one attached hydrogen (secondary N) is 2. The highest BCUT2D eigenvalue weighted by Gasteiger charge is 2.17. The van der Waals surface area contributed by atoms with Gasteiger partial charge in [0.25, 0.3) is 0 Å². The summed E-state index contributed by atoms with van der Waals surface area (Å²) in [6, 6.07) is 12.2. The minimum Gasteiger partial charge on any atom is -0.337 e. The van der Waals surface area contributed by atoms with Gasteiger partial charge in [0.15, 0.2) is 5.16 Å². The molecule has 0 atom stereocenters. The van der Waals surface area contributed by atoms with Gasteiger partial charge in [0.05, 0.1) is 32.1 Å². The van der Waals surface area contributed by atoms with Crippen molar-refractivity contribution in [1.82, 2.24) is 9.97 Å². The molecule has 0 fully saturated rings. The lowest BCUT2D eigenvalue weighted by Gasteiger charge is -2.10. The smallest absolute Gasteiger partial charge is 0.238 e. The number of H-pyrrole nitrogens is 1. The van der Waals surface area contributed by atoms with Crippen molar-refractivity contribution in [1.29, 1.82) is 0 Å². The van der Waals surface area contributed by atoms with Gasteiger partial charge in [-0.1, -0.05) is 65.3 Å². The van der Waals surface area contributed by atoms with Crippen LogP contribution in [0.25, 0.3) is 0 Å². The number of nitrogens with zero attached hydrogens (tertiary/aromatic N) is 1. The number of sulfonamides is 1. The van der Waals surface area contributed by atoms with E-state index in [2.05, 4.69) is 15.3 Å². The molecule has 11 heteroatoms. The molecule has 4 N–H and O–H groups in total. The van der Waals surface area contributed by atoms with Gasteiger partial charge in [-0.3, -0.25) is 4.79 Å². The number of aromatic amines is 1. The highest BCUT2D eigenvalue weighted by molar-refractivity contribution is 7.99. The van der Waals surface area contributed by atoms with Crippen molar-refractivity contribution in [2.45, 2.75) is 23.4 Å². The maximum Gasteiger partial charge on any atom is 0.238 e. The number of benzene rings is 2. The van der Waals surface area contributed by atoms with E-state index in [0.717, 1.165) is 29.1 Å². The molecule has 0 aliphatic rings. The molecule has 0 saturated heterocycles. The van der Waals surface area contributed by atoms with Crippen LogP contribution in [-0.4, -0.2) is 30.0 Å². The molecule has 3 rings (SSSR count). The largest absolute Gasteiger partial charge is 0.337 e. The number of aromatic nitrogens is 2. The fourth-order valence-electron chi connectivity index (χ4n) is 2.64. The molecule has 158 valence electrons. The molecule has 3 aromatic rings. The van der Waals surface area contributed by atoms with Crippen molar-refractivity contribution in [3.8, 4) is 0 Å². The second-order valence-corrected chi connectivity index (χ2v) is 9.76. The zero-order valence-corrected chi connectivity index (χ0v) is 18.9. The number of thioether (sulfide) groups is 1. The zero-order valence-electron chi connectivity index (χ0n) is 15.8. The van der Waals surface area contributed by atoms with E-state index in [4.69, 9.17) is 28.3 Å². The molecule has 0 spiro atoms. The second kappa shape index (κ2) is 9.40. The average molecular weight is 485 g/mol. The molecule has 0 aliphatic heterocycles. The number of carbonyl (C=O) groups is 1. The number of anilines is 1. The predicted molar refractivity (Wildman–Crippen MR) is 120 cm³/mol. The van der Waals surface area contributed by atoms with Gasteiger partial charge >= 0.3 is 0 Å². The summed E-state index contributed by atoms with van der Waals surface area (Å²) in [4.78, 5) is 19.8. The SMILES string of the molecule is Cc1[nH]c(SCC(=O)Nc2c(Cl)cc(S(N)(=O)=O)cc2Cl)nc1Cc1ccccc1. The van der Waals surface area contributed by atoms with E-state index in [0.29, 0.717) is 11.6 Å². The van der Waals surface area contributed by atoms with Crippen LogP contribution in [0.5, 0.6) is 0 Å². The van der Waals surface area contributed by atoms with Crippen LogP contribution in [0, 0.1) is 6.92 Å². The summed E-state index contributed by atoms with van der Waals surface area (Å²) in [5.74, 6) is -0.313. The first-order valence-electron chi connectivity index (χ1n) is 8.67. The van der Waals surface area contributed by atoms with E-state index in [1.807, 2.05) is 37.3 Å². The lowest BCUT2D eigenvalue weighted by Crippen LogP contribution is -2.16. The highest BCUT2D eigenvalue weighted by Crippen LogP contribution is 2.33. The van der Waals surface area contributed by atoms with E-state index >= 15 is 0 Å². The molecule has 0 radical (unpaired) electrons. The van der Waals surface area contributed by atoms with Gasteiger partial charge in [-0.25, -0.2) is 18.5 Å². The lowest BCUT2D eigenvalue weighted by atomic mass is 10.1. The summed E-state index contributed by atoms with van der Waals surface area (Å²) in [6.45, 7) is 1.93. The number of imidazole rings is 1. The molecule has 0 unspecified atom stereocenters. The number of hydrogen-bond acceptors (Lipinski definition) is 5. The Hall–Kier alpha value is -2.04. The fourth-order valence-corrected chi connectivity index (χ4v) is 4.65. The Morgan fingerprint density at radius 3 is 2.43 bits per heavy atom. The first-order chi connectivity index (χ1) is 14.1. The number of rotatable bonds is 7. The summed E-state index contributed by atoms with van der Waals surface area (Å²) in [7, 11) is -3.96. The minimum absolute atomic E-state index is 0.0242. The van der Waals surface area contributed by atoms with Crippen LogP contribution < -0.4 is 10.5 Å². The highest BCUT2D eigenvalue weighted by atomic mass is 35.5. The quantitative estimate of drug-likeness (QED) is 0.438. The first kappa shape index (κ1) is 22.6. The van der Waals surface area contributed by atoms with Crippen molar-refractivity contribution in [3.63, 3.8) is 0 Å². The molecule has 30 heavy (non-hydrogen) atoms. The number of halogens is 2. The van der Waals surface area contributed by atoms with E-state index < -0.39 is 10.0 Å². The Labute approximate surface area is 188 Å². The first-order valence-corrected chi connectivity index (χ1v) is 12.0. The van der Waals surface area contributed by atoms with Gasteiger partial charge in [0.1, 0.15) is 0 Å². The van der Waals surface area contributed by atoms with Crippen LogP contribution in [0.4, 0.5) is 5.69 Å². The maximum atomic E-state index is 12.3. The van der Waals surface area contributed by atoms with E-state index in [-0.39, 0.29) is 32.3 Å². The van der Waals surface area contributed by atoms with Crippen LogP contribution in [0.2, 0.25) is 10.0 Å². The Morgan fingerprint density at radius 2 is 1.83 bits per heavy atom. The van der Waals surface area contributed by atoms with Gasteiger partial charge in [-0.15, -0.1) is 0 Å². The van der Waals surface area contributed by atoms with Crippen molar-refractivity contribution >= 4 is 56.6 Å². The Balaban J connectivity index is 1.63. The van der Waals surface area contributed by atoms with Gasteiger partial charge in [-0.05, 0) is 24.6 Å². The third-order valence-electron chi connectivity index (χ3n) is 4.13. The summed E-state index contributed by atoms with van der Waals surface area (Å²) in [5, 5.41) is 8.23. The molecule has 7 nitrogen and oxygen atoms in total. The molecule has 1 amide bonds. The van der Waals surface area contributed by atoms with E-state index in [9.17, 15) is 13.2 Å². The van der Waals surface area contributed by atoms with Gasteiger partial charge in [0.2, 0.25) is 15.9 Å². The molecule has 1 aromatic heterocycles. The number of hydrogen-bond donors (Lipinski definition) is 3. The van der Waals surface area contributed by atoms with Crippen LogP contribution >= 0.6 is 35.0 Å². The summed E-state index contributed by atoms with van der Waals surface area (Å²) >= 11 is 13.3. The number of amides is 1. The standard InChI is InChI=1S/C19H18Cl2N4O3S2/c1-11-16(7-12-5-3-2-4-6-12)24-19(23-11)29-10-17(26)25-18-14(20)8-13(9-15(18)21)30(22,27)28/h2-6,8-9H,7,10H2,1H3,(H,23,24)(H,25,26)(H2,22,27,28). The molecule has 0 bridgehead atoms. The zero-order chi connectivity index (χ0) is 21.9. The Kier molecular flexibility index (Phi) is 7.10. The normalized spacial score (nSPS) is 11.5. The second-order valence-electron chi connectivity index (χ2n) is 6.42. The van der Waals surface area contributed by atoms with Crippen molar-refractivity contribution in [2.24, 2.45) is 5.14 Å². The topological polar surface area (TPSA) is 118 Å². The minimum atomic E-state index is -3.96. The Bertz CT molecular complexity index is 1160. The predicted octanol–water partition coefficient (Wildman–Crippen LogP) is 3.99. The molecule has 1 heterocycles. The lowest BCUT2D eigenvalue weighted by molar-refractivity contribution is -0.113. The maximum absolute atomic E-state index is 12.3. The van der Waals surface area contributed by atoms with Crippen LogP contribution in [0.3, 0.4) is 0 Å². The van der Waals surface area contributed by atoms with Crippen molar-refractivity contribution in [3.05, 3.63) is 69.5 Å². The van der Waals surface area contributed by atoms with Crippen LogP contribution in [0.15, 0.2) is 52.5 Å². The monoisotopic (exact) mass is 484 g/mol. The van der Waals surface area contributed by atoms with Gasteiger partial charge in [0, 0.05) is 12.1 Å². The van der Waals surface area contributed by atoms with Crippen LogP contribution in [-0.2, 0) is 21.2 Å².